The van der Waals surface area contributed by atoms with E-state index in [0.29, 0.717) is 47.7 Å². The number of rotatable bonds is 13. The minimum absolute atomic E-state index is 0.0205. The van der Waals surface area contributed by atoms with Crippen molar-refractivity contribution >= 4 is 57.2 Å². The lowest BCUT2D eigenvalue weighted by atomic mass is 10.2. The SMILES string of the molecule is C=CCC(=O)N(C)CCN(C)c1cc(OC)c(Nc2nccc(Nc3cn(C)c4ccccc34)n2)cc1NC(=O)C=C. The van der Waals surface area contributed by atoms with Crippen LogP contribution in [-0.4, -0.2) is 65.5 Å². The maximum atomic E-state index is 12.3. The van der Waals surface area contributed by atoms with E-state index >= 15 is 0 Å². The lowest BCUT2D eigenvalue weighted by Gasteiger charge is -2.27. The van der Waals surface area contributed by atoms with E-state index in [0.717, 1.165) is 16.6 Å². The molecule has 2 heterocycles. The summed E-state index contributed by atoms with van der Waals surface area (Å²) in [4.78, 5) is 37.1. The fraction of sp³-hybridized carbons (Fsp3) is 0.226. The Morgan fingerprint density at radius 3 is 2.57 bits per heavy atom. The lowest BCUT2D eigenvalue weighted by Crippen LogP contribution is -2.34. The fourth-order valence-corrected chi connectivity index (χ4v) is 4.45. The number of nitrogens with zero attached hydrogens (tertiary/aromatic N) is 5. The molecule has 0 spiro atoms. The number of benzene rings is 2. The first kappa shape index (κ1) is 29.7. The van der Waals surface area contributed by atoms with Gasteiger partial charge < -0.3 is 35.1 Å². The van der Waals surface area contributed by atoms with Crippen LogP contribution in [0.4, 0.5) is 34.5 Å². The van der Waals surface area contributed by atoms with E-state index in [-0.39, 0.29) is 18.2 Å². The van der Waals surface area contributed by atoms with Gasteiger partial charge in [-0.25, -0.2) is 4.98 Å². The molecule has 2 amide bonds. The molecule has 11 heteroatoms. The second-order valence-electron chi connectivity index (χ2n) is 9.68. The average molecular weight is 569 g/mol. The van der Waals surface area contributed by atoms with Crippen molar-refractivity contribution in [3.05, 3.63) is 80.2 Å². The lowest BCUT2D eigenvalue weighted by molar-refractivity contribution is -0.128. The molecule has 11 nitrogen and oxygen atoms in total. The third-order valence-electron chi connectivity index (χ3n) is 6.75. The molecule has 0 unspecified atom stereocenters. The molecule has 2 aromatic heterocycles. The second-order valence-corrected chi connectivity index (χ2v) is 9.68. The van der Waals surface area contributed by atoms with Gasteiger partial charge in [-0.2, -0.15) is 4.98 Å². The summed E-state index contributed by atoms with van der Waals surface area (Å²) in [6.45, 7) is 8.18. The maximum Gasteiger partial charge on any atom is 0.247 e. The molecule has 0 bridgehead atoms. The Hall–Kier alpha value is -5.32. The van der Waals surface area contributed by atoms with E-state index in [1.54, 1.807) is 43.5 Å². The Morgan fingerprint density at radius 1 is 1.05 bits per heavy atom. The normalized spacial score (nSPS) is 10.6. The van der Waals surface area contributed by atoms with Crippen LogP contribution in [0.15, 0.2) is 80.2 Å². The number of hydrogen-bond acceptors (Lipinski definition) is 8. The molecular weight excluding hydrogens is 532 g/mol. The van der Waals surface area contributed by atoms with Crippen molar-refractivity contribution in [2.75, 3.05) is 55.1 Å². The molecule has 0 aliphatic heterocycles. The number of aromatic nitrogens is 3. The van der Waals surface area contributed by atoms with Crippen LogP contribution in [0.5, 0.6) is 5.75 Å². The predicted molar refractivity (Wildman–Crippen MR) is 169 cm³/mol. The van der Waals surface area contributed by atoms with Crippen LogP contribution in [0.25, 0.3) is 10.9 Å². The number of anilines is 6. The number of carbonyl (C=O) groups excluding carboxylic acids is 2. The molecule has 0 radical (unpaired) electrons. The number of likely N-dealkylation sites (N-methyl/N-ethyl adjacent to an activating group) is 2. The van der Waals surface area contributed by atoms with E-state index in [9.17, 15) is 9.59 Å². The van der Waals surface area contributed by atoms with Crippen LogP contribution in [0.3, 0.4) is 0 Å². The Bertz CT molecular complexity index is 1610. The zero-order valence-electron chi connectivity index (χ0n) is 24.3. The Morgan fingerprint density at radius 2 is 1.83 bits per heavy atom. The molecule has 0 saturated heterocycles. The largest absolute Gasteiger partial charge is 0.494 e. The van der Waals surface area contributed by atoms with E-state index in [1.807, 2.05) is 43.4 Å². The van der Waals surface area contributed by atoms with Crippen LogP contribution >= 0.6 is 0 Å². The van der Waals surface area contributed by atoms with Gasteiger partial charge in [0.2, 0.25) is 17.8 Å². The van der Waals surface area contributed by atoms with E-state index in [2.05, 4.69) is 55.8 Å². The molecule has 4 aromatic rings. The van der Waals surface area contributed by atoms with Crippen molar-refractivity contribution in [2.45, 2.75) is 6.42 Å². The zero-order valence-corrected chi connectivity index (χ0v) is 24.3. The second kappa shape index (κ2) is 13.4. The number of nitrogens with one attached hydrogen (secondary N) is 3. The monoisotopic (exact) mass is 568 g/mol. The van der Waals surface area contributed by atoms with E-state index in [4.69, 9.17) is 4.74 Å². The molecule has 0 atom stereocenters. The molecule has 2 aromatic carbocycles. The molecule has 0 aliphatic rings. The van der Waals surface area contributed by atoms with Gasteiger partial charge in [-0.1, -0.05) is 30.9 Å². The molecule has 0 fully saturated rings. The molecular formula is C31H36N8O3. The van der Waals surface area contributed by atoms with Crippen LogP contribution in [0.1, 0.15) is 6.42 Å². The van der Waals surface area contributed by atoms with E-state index < -0.39 is 0 Å². The van der Waals surface area contributed by atoms with Gasteiger partial charge in [0.05, 0.1) is 29.9 Å². The van der Waals surface area contributed by atoms with Gasteiger partial charge in [0, 0.05) is 70.0 Å². The number of amides is 2. The Balaban J connectivity index is 1.60. The van der Waals surface area contributed by atoms with Crippen molar-refractivity contribution in [2.24, 2.45) is 7.05 Å². The van der Waals surface area contributed by atoms with Crippen LogP contribution < -0.4 is 25.6 Å². The van der Waals surface area contributed by atoms with Crippen molar-refractivity contribution in [3.8, 4) is 5.75 Å². The summed E-state index contributed by atoms with van der Waals surface area (Å²) in [5.74, 6) is 1.07. The number of carbonyl (C=O) groups is 2. The van der Waals surface area contributed by atoms with Gasteiger partial charge in [-0.15, -0.1) is 6.58 Å². The first-order valence-electron chi connectivity index (χ1n) is 13.4. The zero-order chi connectivity index (χ0) is 30.2. The van der Waals surface area contributed by atoms with Crippen molar-refractivity contribution in [1.29, 1.82) is 0 Å². The summed E-state index contributed by atoms with van der Waals surface area (Å²) >= 11 is 0. The van der Waals surface area contributed by atoms with Crippen molar-refractivity contribution < 1.29 is 14.3 Å². The number of ether oxygens (including phenoxy) is 1. The first-order valence-corrected chi connectivity index (χ1v) is 13.4. The van der Waals surface area contributed by atoms with Gasteiger partial charge in [-0.3, -0.25) is 9.59 Å². The molecule has 218 valence electrons. The molecule has 0 saturated carbocycles. The number of hydrogen-bond donors (Lipinski definition) is 3. The highest BCUT2D eigenvalue weighted by Crippen LogP contribution is 2.38. The summed E-state index contributed by atoms with van der Waals surface area (Å²) in [5, 5.41) is 10.5. The minimum Gasteiger partial charge on any atom is -0.494 e. The summed E-state index contributed by atoms with van der Waals surface area (Å²) in [6, 6.07) is 13.5. The van der Waals surface area contributed by atoms with Gasteiger partial charge in [0.25, 0.3) is 0 Å². The highest BCUT2D eigenvalue weighted by molar-refractivity contribution is 6.02. The average Bonchev–Trinajstić information content (AvgIpc) is 3.30. The van der Waals surface area contributed by atoms with Crippen LogP contribution in [-0.2, 0) is 16.6 Å². The van der Waals surface area contributed by atoms with Crippen molar-refractivity contribution in [1.82, 2.24) is 19.4 Å². The summed E-state index contributed by atoms with van der Waals surface area (Å²) in [5.41, 5.74) is 3.80. The van der Waals surface area contributed by atoms with Gasteiger partial charge in [0.1, 0.15) is 11.6 Å². The topological polar surface area (TPSA) is 117 Å². The quantitative estimate of drug-likeness (QED) is 0.151. The fourth-order valence-electron chi connectivity index (χ4n) is 4.45. The third-order valence-corrected chi connectivity index (χ3v) is 6.75. The van der Waals surface area contributed by atoms with Crippen LogP contribution in [0, 0.1) is 0 Å². The van der Waals surface area contributed by atoms with Gasteiger partial charge in [-0.05, 0) is 24.3 Å². The molecule has 4 rings (SSSR count). The summed E-state index contributed by atoms with van der Waals surface area (Å²) < 4.78 is 7.75. The molecule has 0 aliphatic carbocycles. The number of para-hydroxylation sites is 1. The molecule has 3 N–H and O–H groups in total. The minimum atomic E-state index is -0.364. The number of methoxy groups -OCH3 is 1. The van der Waals surface area contributed by atoms with Gasteiger partial charge >= 0.3 is 0 Å². The Labute approximate surface area is 245 Å². The highest BCUT2D eigenvalue weighted by Gasteiger charge is 2.18. The standard InChI is InChI=1S/C31H36N8O3/c1-7-11-30(41)38(4)17-16-37(3)26-19-27(42-6)23(18-22(26)34-29(40)8-2)35-31-32-15-14-28(36-31)33-24-20-39(5)25-13-10-9-12-21(24)25/h7-10,12-15,18-20H,1-2,11,16-17H2,3-6H3,(H,34,40)(H2,32,33,35,36). The number of fused-ring (bicyclic) bond motifs is 1. The van der Waals surface area contributed by atoms with Crippen LogP contribution in [0.2, 0.25) is 0 Å². The molecule has 42 heavy (non-hydrogen) atoms. The smallest absolute Gasteiger partial charge is 0.247 e. The predicted octanol–water partition coefficient (Wildman–Crippen LogP) is 5.06. The first-order chi connectivity index (χ1) is 20.2. The Kier molecular flexibility index (Phi) is 9.43. The maximum absolute atomic E-state index is 12.3. The number of aryl methyl sites for hydroxylation is 1. The summed E-state index contributed by atoms with van der Waals surface area (Å²) in [6.07, 6.45) is 6.73. The van der Waals surface area contributed by atoms with Gasteiger partial charge in [0.15, 0.2) is 0 Å². The summed E-state index contributed by atoms with van der Waals surface area (Å²) in [7, 11) is 7.18. The highest BCUT2D eigenvalue weighted by atomic mass is 16.5. The third kappa shape index (κ3) is 6.87. The van der Waals surface area contributed by atoms with E-state index in [1.165, 1.54) is 6.08 Å². The van der Waals surface area contributed by atoms with Crippen molar-refractivity contribution in [3.63, 3.8) is 0 Å².